The van der Waals surface area contributed by atoms with E-state index in [1.54, 1.807) is 11.8 Å². The molecule has 32 heavy (non-hydrogen) atoms. The lowest BCUT2D eigenvalue weighted by Gasteiger charge is -2.12. The molecule has 0 bridgehead atoms. The Morgan fingerprint density at radius 2 is 1.53 bits per heavy atom. The van der Waals surface area contributed by atoms with Gasteiger partial charge in [0.15, 0.2) is 11.0 Å². The van der Waals surface area contributed by atoms with Crippen LogP contribution in [0.4, 0.5) is 0 Å². The Balaban J connectivity index is 1.56. The van der Waals surface area contributed by atoms with Gasteiger partial charge in [-0.25, -0.2) is 0 Å². The molecule has 0 unspecified atom stereocenters. The summed E-state index contributed by atoms with van der Waals surface area (Å²) in [5, 5.41) is 9.86. The van der Waals surface area contributed by atoms with Crippen LogP contribution in [0, 0.1) is 13.8 Å². The quantitative estimate of drug-likeness (QED) is 0.229. The van der Waals surface area contributed by atoms with E-state index in [0.29, 0.717) is 13.2 Å². The van der Waals surface area contributed by atoms with Gasteiger partial charge in [-0.2, -0.15) is 0 Å². The third kappa shape index (κ3) is 5.32. The number of nitrogens with zero attached hydrogens (tertiary/aromatic N) is 3. The number of hydrogen-bond donors (Lipinski definition) is 0. The molecule has 0 aliphatic heterocycles. The highest BCUT2D eigenvalue weighted by molar-refractivity contribution is 7.99. The van der Waals surface area contributed by atoms with Crippen LogP contribution in [0.15, 0.2) is 78.0 Å². The summed E-state index contributed by atoms with van der Waals surface area (Å²) in [6.07, 6.45) is 0. The van der Waals surface area contributed by atoms with E-state index in [1.165, 1.54) is 11.1 Å². The molecule has 4 rings (SSSR count). The van der Waals surface area contributed by atoms with Crippen molar-refractivity contribution in [3.8, 4) is 28.6 Å². The number of aromatic nitrogens is 3. The Kier molecular flexibility index (Phi) is 7.12. The molecule has 5 nitrogen and oxygen atoms in total. The SMILES string of the molecule is CCOc1ccc(-n2c(SCCOc3ccc(C)cc3)nnc2-c2cccc(C)c2)cc1. The Hall–Kier alpha value is -3.25. The van der Waals surface area contributed by atoms with Gasteiger partial charge in [0.25, 0.3) is 0 Å². The highest BCUT2D eigenvalue weighted by Gasteiger charge is 2.16. The topological polar surface area (TPSA) is 49.2 Å². The maximum absolute atomic E-state index is 5.88. The summed E-state index contributed by atoms with van der Waals surface area (Å²) in [4.78, 5) is 0. The van der Waals surface area contributed by atoms with Crippen LogP contribution in [0.1, 0.15) is 18.1 Å². The van der Waals surface area contributed by atoms with Crippen LogP contribution in [0.2, 0.25) is 0 Å². The fourth-order valence-electron chi connectivity index (χ4n) is 3.35. The Morgan fingerprint density at radius 3 is 2.25 bits per heavy atom. The molecule has 3 aromatic carbocycles. The molecule has 0 saturated heterocycles. The molecular formula is C26H27N3O2S. The third-order valence-corrected chi connectivity index (χ3v) is 5.81. The first-order chi connectivity index (χ1) is 15.6. The Morgan fingerprint density at radius 1 is 0.812 bits per heavy atom. The Bertz CT molecular complexity index is 1150. The van der Waals surface area contributed by atoms with E-state index >= 15 is 0 Å². The molecule has 0 N–H and O–H groups in total. The van der Waals surface area contributed by atoms with Crippen molar-refractivity contribution in [2.75, 3.05) is 19.0 Å². The van der Waals surface area contributed by atoms with Gasteiger partial charge in [0, 0.05) is 17.0 Å². The van der Waals surface area contributed by atoms with Crippen LogP contribution in [0.3, 0.4) is 0 Å². The van der Waals surface area contributed by atoms with Crippen LogP contribution in [0.25, 0.3) is 17.1 Å². The molecule has 1 aromatic heterocycles. The predicted octanol–water partition coefficient (Wildman–Crippen LogP) is 6.12. The Labute approximate surface area is 193 Å². The maximum atomic E-state index is 5.88. The van der Waals surface area contributed by atoms with Gasteiger partial charge in [0.1, 0.15) is 11.5 Å². The van der Waals surface area contributed by atoms with Gasteiger partial charge in [0.05, 0.1) is 13.2 Å². The van der Waals surface area contributed by atoms with Gasteiger partial charge < -0.3 is 9.47 Å². The second-order valence-corrected chi connectivity index (χ2v) is 8.51. The molecule has 0 aliphatic carbocycles. The predicted molar refractivity (Wildman–Crippen MR) is 130 cm³/mol. The standard InChI is InChI=1S/C26H27N3O2S/c1-4-30-23-14-10-22(11-15-23)29-25(21-7-5-6-20(3)18-21)27-28-26(29)32-17-16-31-24-12-8-19(2)9-13-24/h5-15,18H,4,16-17H2,1-3H3. The van der Waals surface area contributed by atoms with E-state index < -0.39 is 0 Å². The summed E-state index contributed by atoms with van der Waals surface area (Å²) in [6.45, 7) is 7.36. The van der Waals surface area contributed by atoms with Crippen molar-refractivity contribution in [2.45, 2.75) is 25.9 Å². The maximum Gasteiger partial charge on any atom is 0.196 e. The monoisotopic (exact) mass is 445 g/mol. The van der Waals surface area contributed by atoms with Crippen molar-refractivity contribution in [3.63, 3.8) is 0 Å². The second-order valence-electron chi connectivity index (χ2n) is 7.45. The minimum Gasteiger partial charge on any atom is -0.494 e. The van der Waals surface area contributed by atoms with Crippen molar-refractivity contribution < 1.29 is 9.47 Å². The third-order valence-electron chi connectivity index (χ3n) is 4.92. The van der Waals surface area contributed by atoms with Crippen molar-refractivity contribution in [2.24, 2.45) is 0 Å². The largest absolute Gasteiger partial charge is 0.494 e. The van der Waals surface area contributed by atoms with Gasteiger partial charge >= 0.3 is 0 Å². The molecule has 1 heterocycles. The summed E-state index contributed by atoms with van der Waals surface area (Å²) in [5.74, 6) is 3.31. The van der Waals surface area contributed by atoms with Crippen molar-refractivity contribution in [1.82, 2.24) is 14.8 Å². The van der Waals surface area contributed by atoms with E-state index in [2.05, 4.69) is 58.9 Å². The molecule has 0 spiro atoms. The molecule has 6 heteroatoms. The van der Waals surface area contributed by atoms with E-state index in [0.717, 1.165) is 39.5 Å². The van der Waals surface area contributed by atoms with Crippen molar-refractivity contribution in [3.05, 3.63) is 83.9 Å². The highest BCUT2D eigenvalue weighted by Crippen LogP contribution is 2.29. The summed E-state index contributed by atoms with van der Waals surface area (Å²) in [5.41, 5.74) is 4.44. The lowest BCUT2D eigenvalue weighted by atomic mass is 10.1. The number of hydrogen-bond acceptors (Lipinski definition) is 5. The van der Waals surface area contributed by atoms with Gasteiger partial charge in [0.2, 0.25) is 0 Å². The molecule has 0 aliphatic rings. The zero-order valence-corrected chi connectivity index (χ0v) is 19.4. The fourth-order valence-corrected chi connectivity index (χ4v) is 4.12. The summed E-state index contributed by atoms with van der Waals surface area (Å²) < 4.78 is 13.6. The molecule has 4 aromatic rings. The molecule has 0 atom stereocenters. The minimum atomic E-state index is 0.587. The van der Waals surface area contributed by atoms with Crippen molar-refractivity contribution >= 4 is 11.8 Å². The molecular weight excluding hydrogens is 418 g/mol. The van der Waals surface area contributed by atoms with Crippen LogP contribution < -0.4 is 9.47 Å². The van der Waals surface area contributed by atoms with Crippen LogP contribution >= 0.6 is 11.8 Å². The number of benzene rings is 3. The average molecular weight is 446 g/mol. The number of ether oxygens (including phenoxy) is 2. The number of aryl methyl sites for hydroxylation is 2. The first-order valence-corrected chi connectivity index (χ1v) is 11.7. The molecule has 0 fully saturated rings. The minimum absolute atomic E-state index is 0.587. The van der Waals surface area contributed by atoms with E-state index in [4.69, 9.17) is 9.47 Å². The first-order valence-electron chi connectivity index (χ1n) is 10.7. The van der Waals surface area contributed by atoms with Gasteiger partial charge in [-0.1, -0.05) is 53.2 Å². The first kappa shape index (κ1) is 22.0. The summed E-state index contributed by atoms with van der Waals surface area (Å²) in [6, 6.07) is 24.5. The lowest BCUT2D eigenvalue weighted by Crippen LogP contribution is -2.04. The van der Waals surface area contributed by atoms with Crippen LogP contribution in [-0.2, 0) is 0 Å². The highest BCUT2D eigenvalue weighted by atomic mass is 32.2. The summed E-state index contributed by atoms with van der Waals surface area (Å²) >= 11 is 1.63. The lowest BCUT2D eigenvalue weighted by molar-refractivity contribution is 0.340. The zero-order valence-electron chi connectivity index (χ0n) is 18.6. The van der Waals surface area contributed by atoms with Crippen molar-refractivity contribution in [1.29, 1.82) is 0 Å². The van der Waals surface area contributed by atoms with E-state index in [-0.39, 0.29) is 0 Å². The number of thioether (sulfide) groups is 1. The molecule has 164 valence electrons. The van der Waals surface area contributed by atoms with Gasteiger partial charge in [-0.15, -0.1) is 10.2 Å². The van der Waals surface area contributed by atoms with Gasteiger partial charge in [-0.3, -0.25) is 4.57 Å². The molecule has 0 saturated carbocycles. The molecule has 0 radical (unpaired) electrons. The van der Waals surface area contributed by atoms with E-state index in [1.807, 2.05) is 49.4 Å². The number of rotatable bonds is 9. The van der Waals surface area contributed by atoms with Crippen LogP contribution in [-0.4, -0.2) is 33.7 Å². The zero-order chi connectivity index (χ0) is 22.3. The fraction of sp³-hybridized carbons (Fsp3) is 0.231. The van der Waals surface area contributed by atoms with E-state index in [9.17, 15) is 0 Å². The molecule has 0 amide bonds. The van der Waals surface area contributed by atoms with Crippen LogP contribution in [0.5, 0.6) is 11.5 Å². The summed E-state index contributed by atoms with van der Waals surface area (Å²) in [7, 11) is 0. The smallest absolute Gasteiger partial charge is 0.196 e. The average Bonchev–Trinajstić information content (AvgIpc) is 3.23. The van der Waals surface area contributed by atoms with Gasteiger partial charge in [-0.05, 0) is 63.2 Å². The normalized spacial score (nSPS) is 10.8. The second kappa shape index (κ2) is 10.4.